The van der Waals surface area contributed by atoms with E-state index in [4.69, 9.17) is 0 Å². The number of aryl methyl sites for hydroxylation is 2. The molecule has 104 valence electrons. The van der Waals surface area contributed by atoms with Gasteiger partial charge in [0.25, 0.3) is 5.91 Å². The highest BCUT2D eigenvalue weighted by atomic mass is 32.1. The van der Waals surface area contributed by atoms with Crippen molar-refractivity contribution in [2.75, 3.05) is 13.1 Å². The van der Waals surface area contributed by atoms with Crippen LogP contribution in [-0.2, 0) is 6.42 Å². The summed E-state index contributed by atoms with van der Waals surface area (Å²) in [6, 6.07) is 4.20. The zero-order valence-electron chi connectivity index (χ0n) is 11.3. The van der Waals surface area contributed by atoms with Crippen molar-refractivity contribution < 1.29 is 4.79 Å². The highest BCUT2D eigenvalue weighted by Gasteiger charge is 2.40. The van der Waals surface area contributed by atoms with E-state index in [1.54, 1.807) is 0 Å². The molecule has 0 unspecified atom stereocenters. The summed E-state index contributed by atoms with van der Waals surface area (Å²) in [6.45, 7) is 3.65. The topological polar surface area (TPSA) is 51.0 Å². The third kappa shape index (κ3) is 1.71. The van der Waals surface area contributed by atoms with Crippen molar-refractivity contribution in [2.45, 2.75) is 25.8 Å². The molecule has 0 bridgehead atoms. The van der Waals surface area contributed by atoms with Gasteiger partial charge in [0.2, 0.25) is 0 Å². The van der Waals surface area contributed by atoms with Crippen LogP contribution in [0.3, 0.4) is 0 Å². The first-order chi connectivity index (χ1) is 9.74. The van der Waals surface area contributed by atoms with E-state index in [0.29, 0.717) is 12.0 Å². The highest BCUT2D eigenvalue weighted by molar-refractivity contribution is 7.12. The minimum absolute atomic E-state index is 0.168. The number of hydrogen-bond donors (Lipinski definition) is 0. The first-order valence-corrected chi connectivity index (χ1v) is 7.85. The van der Waals surface area contributed by atoms with Crippen LogP contribution in [-0.4, -0.2) is 38.7 Å². The van der Waals surface area contributed by atoms with Crippen LogP contribution in [0.15, 0.2) is 17.5 Å². The number of rotatable bonds is 1. The summed E-state index contributed by atoms with van der Waals surface area (Å²) in [5.74, 6) is 2.76. The minimum Gasteiger partial charge on any atom is -0.336 e. The van der Waals surface area contributed by atoms with Crippen LogP contribution in [0.25, 0.3) is 0 Å². The van der Waals surface area contributed by atoms with Crippen molar-refractivity contribution in [2.24, 2.45) is 5.92 Å². The maximum Gasteiger partial charge on any atom is 0.263 e. The van der Waals surface area contributed by atoms with Gasteiger partial charge in [-0.15, -0.1) is 21.5 Å². The Morgan fingerprint density at radius 2 is 2.30 bits per heavy atom. The van der Waals surface area contributed by atoms with Gasteiger partial charge in [0.05, 0.1) is 10.9 Å². The number of likely N-dealkylation sites (tertiary alicyclic amines) is 1. The summed E-state index contributed by atoms with van der Waals surface area (Å²) in [6.07, 6.45) is 2.08. The van der Waals surface area contributed by atoms with Crippen LogP contribution in [0.4, 0.5) is 0 Å². The van der Waals surface area contributed by atoms with Gasteiger partial charge >= 0.3 is 0 Å². The monoisotopic (exact) mass is 288 g/mol. The molecule has 2 aliphatic heterocycles. The van der Waals surface area contributed by atoms with Crippen molar-refractivity contribution in [3.05, 3.63) is 34.0 Å². The van der Waals surface area contributed by atoms with Gasteiger partial charge in [0.15, 0.2) is 0 Å². The van der Waals surface area contributed by atoms with Crippen LogP contribution in [0.1, 0.15) is 33.8 Å². The summed E-state index contributed by atoms with van der Waals surface area (Å²) in [5, 5.41) is 10.4. The summed E-state index contributed by atoms with van der Waals surface area (Å²) < 4.78 is 2.25. The molecule has 4 rings (SSSR count). The molecule has 1 amide bonds. The molecule has 0 N–H and O–H groups in total. The van der Waals surface area contributed by atoms with E-state index >= 15 is 0 Å². The van der Waals surface area contributed by atoms with Gasteiger partial charge in [-0.2, -0.15) is 0 Å². The average Bonchev–Trinajstić information content (AvgIpc) is 3.16. The highest BCUT2D eigenvalue weighted by Crippen LogP contribution is 2.37. The number of thiophene rings is 1. The van der Waals surface area contributed by atoms with E-state index in [1.165, 1.54) is 11.3 Å². The molecule has 1 fully saturated rings. The number of carbonyl (C=O) groups excluding carboxylic acids is 1. The van der Waals surface area contributed by atoms with Crippen LogP contribution in [0.5, 0.6) is 0 Å². The lowest BCUT2D eigenvalue weighted by atomic mass is 9.94. The number of nitrogens with zero attached hydrogens (tertiary/aromatic N) is 4. The zero-order chi connectivity index (χ0) is 13.7. The normalized spacial score (nSPS) is 24.6. The third-order valence-electron chi connectivity index (χ3n) is 4.43. The summed E-state index contributed by atoms with van der Waals surface area (Å²) in [5.41, 5.74) is 0. The second-order valence-corrected chi connectivity index (χ2v) is 6.53. The molecule has 0 saturated carbocycles. The lowest BCUT2D eigenvalue weighted by Gasteiger charge is -2.26. The number of hydrogen-bond acceptors (Lipinski definition) is 4. The molecule has 1 saturated heterocycles. The average molecular weight is 288 g/mol. The predicted molar refractivity (Wildman–Crippen MR) is 75.8 cm³/mol. The van der Waals surface area contributed by atoms with Crippen LogP contribution in [0, 0.1) is 12.8 Å². The molecule has 0 radical (unpaired) electrons. The van der Waals surface area contributed by atoms with Crippen LogP contribution >= 0.6 is 11.3 Å². The lowest BCUT2D eigenvalue weighted by Crippen LogP contribution is -2.28. The maximum atomic E-state index is 12.5. The fraction of sp³-hybridized carbons (Fsp3) is 0.500. The lowest BCUT2D eigenvalue weighted by molar-refractivity contribution is 0.0789. The van der Waals surface area contributed by atoms with E-state index in [2.05, 4.69) is 14.8 Å². The first kappa shape index (κ1) is 12.1. The van der Waals surface area contributed by atoms with E-state index < -0.39 is 0 Å². The minimum atomic E-state index is 0.168. The van der Waals surface area contributed by atoms with Gasteiger partial charge in [0.1, 0.15) is 11.6 Å². The summed E-state index contributed by atoms with van der Waals surface area (Å²) in [4.78, 5) is 15.3. The molecule has 6 heteroatoms. The summed E-state index contributed by atoms with van der Waals surface area (Å²) in [7, 11) is 0. The first-order valence-electron chi connectivity index (χ1n) is 6.97. The van der Waals surface area contributed by atoms with Crippen molar-refractivity contribution in [3.63, 3.8) is 0 Å². The Kier molecular flexibility index (Phi) is 2.66. The van der Waals surface area contributed by atoms with Crippen molar-refractivity contribution in [1.29, 1.82) is 0 Å². The fourth-order valence-electron chi connectivity index (χ4n) is 3.48. The molecule has 0 aliphatic carbocycles. The van der Waals surface area contributed by atoms with E-state index in [0.717, 1.165) is 42.5 Å². The quantitative estimate of drug-likeness (QED) is 0.805. The van der Waals surface area contributed by atoms with E-state index in [1.807, 2.05) is 29.3 Å². The van der Waals surface area contributed by atoms with Gasteiger partial charge in [-0.25, -0.2) is 0 Å². The molecule has 2 aliphatic rings. The Labute approximate surface area is 121 Å². The number of amides is 1. The standard InChI is InChI=1S/C14H16N4OS/c1-9-15-16-13-5-4-10-7-17(8-11(10)18(9)13)14(19)12-3-2-6-20-12/h2-3,6,10-11H,4-5,7-8H2,1H3/t10-,11+/m1/s1. The van der Waals surface area contributed by atoms with E-state index in [9.17, 15) is 4.79 Å². The molecular formula is C14H16N4OS. The fourth-order valence-corrected chi connectivity index (χ4v) is 4.17. The molecular weight excluding hydrogens is 272 g/mol. The predicted octanol–water partition coefficient (Wildman–Crippen LogP) is 1.91. The molecule has 2 atom stereocenters. The van der Waals surface area contributed by atoms with Crippen LogP contribution < -0.4 is 0 Å². The van der Waals surface area contributed by atoms with Crippen molar-refractivity contribution in [1.82, 2.24) is 19.7 Å². The molecule has 2 aromatic heterocycles. The summed E-state index contributed by atoms with van der Waals surface area (Å²) >= 11 is 1.52. The van der Waals surface area contributed by atoms with Crippen molar-refractivity contribution >= 4 is 17.2 Å². The third-order valence-corrected chi connectivity index (χ3v) is 5.29. The smallest absolute Gasteiger partial charge is 0.263 e. The second-order valence-electron chi connectivity index (χ2n) is 5.59. The number of fused-ring (bicyclic) bond motifs is 3. The Morgan fingerprint density at radius 1 is 1.40 bits per heavy atom. The largest absolute Gasteiger partial charge is 0.336 e. The van der Waals surface area contributed by atoms with E-state index in [-0.39, 0.29) is 5.91 Å². The number of aromatic nitrogens is 3. The second kappa shape index (κ2) is 4.41. The number of carbonyl (C=O) groups is 1. The molecule has 5 nitrogen and oxygen atoms in total. The van der Waals surface area contributed by atoms with Gasteiger partial charge in [-0.1, -0.05) is 6.07 Å². The van der Waals surface area contributed by atoms with Gasteiger partial charge in [-0.3, -0.25) is 4.79 Å². The van der Waals surface area contributed by atoms with Crippen molar-refractivity contribution in [3.8, 4) is 0 Å². The Balaban J connectivity index is 1.62. The molecule has 0 aromatic carbocycles. The Hall–Kier alpha value is -1.69. The Morgan fingerprint density at radius 3 is 3.10 bits per heavy atom. The van der Waals surface area contributed by atoms with Gasteiger partial charge in [-0.05, 0) is 30.7 Å². The Bertz CT molecular complexity index is 648. The zero-order valence-corrected chi connectivity index (χ0v) is 12.1. The molecule has 2 aromatic rings. The molecule has 4 heterocycles. The van der Waals surface area contributed by atoms with Crippen LogP contribution in [0.2, 0.25) is 0 Å². The maximum absolute atomic E-state index is 12.5. The van der Waals surface area contributed by atoms with Gasteiger partial charge in [0, 0.05) is 19.5 Å². The van der Waals surface area contributed by atoms with Gasteiger partial charge < -0.3 is 9.47 Å². The molecule has 20 heavy (non-hydrogen) atoms. The molecule has 0 spiro atoms. The SMILES string of the molecule is Cc1nnc2n1[C@H]1CN(C(=O)c3cccs3)C[C@H]1CC2.